The lowest BCUT2D eigenvalue weighted by Gasteiger charge is -2.17. The number of benzene rings is 2. The summed E-state index contributed by atoms with van der Waals surface area (Å²) in [6, 6.07) is 0.663. The zero-order valence-electron chi connectivity index (χ0n) is 12.5. The van der Waals surface area contributed by atoms with E-state index in [1.165, 1.54) is 0 Å². The summed E-state index contributed by atoms with van der Waals surface area (Å²) in [7, 11) is -5.26. The van der Waals surface area contributed by atoms with E-state index in [9.17, 15) is 34.8 Å². The van der Waals surface area contributed by atoms with Gasteiger partial charge in [-0.1, -0.05) is 0 Å². The first-order chi connectivity index (χ1) is 12.0. The van der Waals surface area contributed by atoms with Gasteiger partial charge in [0.1, 0.15) is 29.2 Å². The van der Waals surface area contributed by atoms with Gasteiger partial charge in [0, 0.05) is 23.8 Å². The lowest BCUT2D eigenvalue weighted by molar-refractivity contribution is 0.0662. The van der Waals surface area contributed by atoms with Crippen LogP contribution in [-0.4, -0.2) is 13.7 Å². The molecule has 4 nitrogen and oxygen atoms in total. The standard InChI is InChI=1S/C15H9F6NO3S/c16-6-3-7(17)5-8(4-6)25-9-1-2-10-12(11(9)14(18)19)13(22)15(20,21)26(10,23)24/h1-5,13-14H,22H2. The van der Waals surface area contributed by atoms with Crippen LogP contribution >= 0.6 is 0 Å². The van der Waals surface area contributed by atoms with Gasteiger partial charge < -0.3 is 10.5 Å². The number of alkyl halides is 4. The molecular formula is C15H9F6NO3S. The van der Waals surface area contributed by atoms with Crippen molar-refractivity contribution in [2.75, 3.05) is 0 Å². The summed E-state index contributed by atoms with van der Waals surface area (Å²) in [6.07, 6.45) is -3.44. The molecule has 3 rings (SSSR count). The van der Waals surface area contributed by atoms with Crippen LogP contribution in [0.2, 0.25) is 0 Å². The number of sulfone groups is 1. The van der Waals surface area contributed by atoms with E-state index in [1.54, 1.807) is 0 Å². The Labute approximate surface area is 143 Å². The van der Waals surface area contributed by atoms with Crippen LogP contribution < -0.4 is 10.5 Å². The van der Waals surface area contributed by atoms with Crippen molar-refractivity contribution < 1.29 is 39.5 Å². The Bertz CT molecular complexity index is 973. The highest BCUT2D eigenvalue weighted by Gasteiger charge is 2.60. The predicted molar refractivity (Wildman–Crippen MR) is 76.9 cm³/mol. The number of fused-ring (bicyclic) bond motifs is 1. The predicted octanol–water partition coefficient (Wildman–Crippen LogP) is 4.07. The Morgan fingerprint density at radius 2 is 1.65 bits per heavy atom. The fourth-order valence-corrected chi connectivity index (χ4v) is 4.18. The quantitative estimate of drug-likeness (QED) is 0.793. The van der Waals surface area contributed by atoms with Gasteiger partial charge in [-0.05, 0) is 12.1 Å². The molecule has 0 amide bonds. The van der Waals surface area contributed by atoms with Crippen molar-refractivity contribution >= 4 is 9.84 Å². The second-order valence-electron chi connectivity index (χ2n) is 5.44. The maximum Gasteiger partial charge on any atom is 0.368 e. The highest BCUT2D eigenvalue weighted by molar-refractivity contribution is 7.92. The van der Waals surface area contributed by atoms with Crippen LogP contribution in [0, 0.1) is 11.6 Å². The number of hydrogen-bond donors (Lipinski definition) is 1. The maximum atomic E-state index is 13.9. The summed E-state index contributed by atoms with van der Waals surface area (Å²) in [5, 5.41) is -4.48. The average molecular weight is 397 g/mol. The second-order valence-corrected chi connectivity index (χ2v) is 7.43. The highest BCUT2D eigenvalue weighted by Crippen LogP contribution is 2.52. The van der Waals surface area contributed by atoms with E-state index >= 15 is 0 Å². The van der Waals surface area contributed by atoms with Gasteiger partial charge in [0.05, 0.1) is 10.5 Å². The van der Waals surface area contributed by atoms with Crippen molar-refractivity contribution in [1.82, 2.24) is 0 Å². The van der Waals surface area contributed by atoms with Crippen LogP contribution in [0.25, 0.3) is 0 Å². The summed E-state index contributed by atoms with van der Waals surface area (Å²) in [4.78, 5) is -1.04. The first-order valence-electron chi connectivity index (χ1n) is 6.93. The third-order valence-corrected chi connectivity index (χ3v) is 5.72. The smallest absolute Gasteiger partial charge is 0.368 e. The van der Waals surface area contributed by atoms with E-state index in [-0.39, 0.29) is 0 Å². The van der Waals surface area contributed by atoms with E-state index in [0.29, 0.717) is 30.3 Å². The molecule has 0 saturated carbocycles. The van der Waals surface area contributed by atoms with Crippen LogP contribution in [0.4, 0.5) is 26.3 Å². The number of ether oxygens (including phenoxy) is 1. The highest BCUT2D eigenvalue weighted by atomic mass is 32.2. The van der Waals surface area contributed by atoms with E-state index in [1.807, 2.05) is 0 Å². The molecule has 0 radical (unpaired) electrons. The van der Waals surface area contributed by atoms with Crippen molar-refractivity contribution in [2.45, 2.75) is 22.6 Å². The summed E-state index contributed by atoms with van der Waals surface area (Å²) >= 11 is 0. The van der Waals surface area contributed by atoms with E-state index in [2.05, 4.69) is 0 Å². The Morgan fingerprint density at radius 3 is 2.19 bits per heavy atom. The van der Waals surface area contributed by atoms with Gasteiger partial charge in [0.25, 0.3) is 6.43 Å². The number of nitrogens with two attached hydrogens (primary N) is 1. The molecule has 0 aromatic heterocycles. The minimum atomic E-state index is -5.26. The SMILES string of the molecule is NC1c2c(ccc(Oc3cc(F)cc(F)c3)c2C(F)F)S(=O)(=O)C1(F)F. The van der Waals surface area contributed by atoms with Crippen molar-refractivity contribution in [3.63, 3.8) is 0 Å². The molecule has 1 aliphatic heterocycles. The minimum Gasteiger partial charge on any atom is -0.457 e. The molecule has 0 aliphatic carbocycles. The first kappa shape index (κ1) is 18.5. The average Bonchev–Trinajstić information content (AvgIpc) is 2.64. The maximum absolute atomic E-state index is 13.9. The third kappa shape index (κ3) is 2.62. The monoisotopic (exact) mass is 397 g/mol. The molecule has 26 heavy (non-hydrogen) atoms. The van der Waals surface area contributed by atoms with Crippen LogP contribution in [0.15, 0.2) is 35.2 Å². The van der Waals surface area contributed by atoms with Gasteiger partial charge in [-0.15, -0.1) is 0 Å². The summed E-state index contributed by atoms with van der Waals surface area (Å²) < 4.78 is 110. The molecule has 2 N–H and O–H groups in total. The fourth-order valence-electron chi connectivity index (χ4n) is 2.66. The van der Waals surface area contributed by atoms with Crippen LogP contribution in [0.3, 0.4) is 0 Å². The third-order valence-electron chi connectivity index (χ3n) is 3.81. The van der Waals surface area contributed by atoms with Crippen LogP contribution in [0.5, 0.6) is 11.5 Å². The minimum absolute atomic E-state index is 0.507. The fraction of sp³-hybridized carbons (Fsp3) is 0.200. The molecule has 2 aromatic carbocycles. The zero-order chi connectivity index (χ0) is 19.4. The normalized spacial score (nSPS) is 20.2. The van der Waals surface area contributed by atoms with Crippen LogP contribution in [-0.2, 0) is 9.84 Å². The molecule has 0 fully saturated rings. The second kappa shape index (κ2) is 5.88. The van der Waals surface area contributed by atoms with E-state index in [4.69, 9.17) is 10.5 Å². The van der Waals surface area contributed by atoms with Gasteiger partial charge in [-0.3, -0.25) is 0 Å². The molecule has 2 aromatic rings. The first-order valence-corrected chi connectivity index (χ1v) is 8.42. The molecule has 1 atom stereocenters. The number of halogens is 6. The Hall–Kier alpha value is -2.27. The topological polar surface area (TPSA) is 69.4 Å². The molecule has 0 saturated heterocycles. The molecule has 140 valence electrons. The molecule has 11 heteroatoms. The lowest BCUT2D eigenvalue weighted by Crippen LogP contribution is -2.34. The largest absolute Gasteiger partial charge is 0.457 e. The Morgan fingerprint density at radius 1 is 1.08 bits per heavy atom. The number of hydrogen-bond acceptors (Lipinski definition) is 4. The molecule has 0 bridgehead atoms. The summed E-state index contributed by atoms with van der Waals surface area (Å²) in [5.41, 5.74) is 3.04. The van der Waals surface area contributed by atoms with Crippen molar-refractivity contribution in [3.8, 4) is 11.5 Å². The van der Waals surface area contributed by atoms with Crippen molar-refractivity contribution in [3.05, 3.63) is 53.1 Å². The van der Waals surface area contributed by atoms with E-state index < -0.39 is 66.7 Å². The Balaban J connectivity index is 2.20. The molecule has 1 heterocycles. The van der Waals surface area contributed by atoms with Gasteiger partial charge >= 0.3 is 5.25 Å². The number of rotatable bonds is 3. The molecule has 1 aliphatic rings. The lowest BCUT2D eigenvalue weighted by atomic mass is 10.0. The Kier molecular flexibility index (Phi) is 4.19. The molecule has 0 spiro atoms. The van der Waals surface area contributed by atoms with Gasteiger partial charge in [0.2, 0.25) is 9.84 Å². The van der Waals surface area contributed by atoms with Gasteiger partial charge in [0.15, 0.2) is 0 Å². The van der Waals surface area contributed by atoms with Crippen LogP contribution in [0.1, 0.15) is 23.6 Å². The van der Waals surface area contributed by atoms with Gasteiger partial charge in [-0.2, -0.15) is 8.78 Å². The zero-order valence-corrected chi connectivity index (χ0v) is 13.3. The van der Waals surface area contributed by atoms with Crippen molar-refractivity contribution in [1.29, 1.82) is 0 Å². The molecule has 1 unspecified atom stereocenters. The van der Waals surface area contributed by atoms with E-state index in [0.717, 1.165) is 0 Å². The summed E-state index contributed by atoms with van der Waals surface area (Å²) in [6.45, 7) is 0. The summed E-state index contributed by atoms with van der Waals surface area (Å²) in [5.74, 6) is -3.39. The van der Waals surface area contributed by atoms with Gasteiger partial charge in [-0.25, -0.2) is 26.0 Å². The van der Waals surface area contributed by atoms with Crippen molar-refractivity contribution in [2.24, 2.45) is 5.73 Å². The molecular weight excluding hydrogens is 388 g/mol.